The largest absolute Gasteiger partial charge is 0.495 e. The minimum absolute atomic E-state index is 0.124. The fourth-order valence-electron chi connectivity index (χ4n) is 1.66. The molecule has 0 spiro atoms. The number of nitrogens with one attached hydrogen (secondary N) is 1. The average molecular weight is 425 g/mol. The van der Waals surface area contributed by atoms with E-state index in [2.05, 4.69) is 34.4 Å². The van der Waals surface area contributed by atoms with Crippen molar-refractivity contribution < 1.29 is 13.9 Å². The van der Waals surface area contributed by atoms with Gasteiger partial charge in [0.2, 0.25) is 5.91 Å². The van der Waals surface area contributed by atoms with Gasteiger partial charge < -0.3 is 10.1 Å². The normalized spacial score (nSPS) is 19.9. The molecule has 0 heterocycles. The van der Waals surface area contributed by atoms with Crippen LogP contribution in [0.2, 0.25) is 5.02 Å². The first-order valence-corrected chi connectivity index (χ1v) is 8.96. The number of hydrogen-bond donors (Lipinski definition) is 1. The van der Waals surface area contributed by atoms with Gasteiger partial charge in [0, 0.05) is 18.5 Å². The molecule has 1 saturated carbocycles. The molecule has 0 bridgehead atoms. The summed E-state index contributed by atoms with van der Waals surface area (Å²) in [6.07, 6.45) is 1.67. The Labute approximate surface area is 158 Å². The third kappa shape index (κ3) is 9.93. The first-order valence-electron chi connectivity index (χ1n) is 7.79. The molecule has 0 aromatic heterocycles. The molecule has 1 aliphatic rings. The second kappa shape index (κ2) is 13.2. The first kappa shape index (κ1) is 25.2. The second-order valence-corrected chi connectivity index (χ2v) is 6.33. The van der Waals surface area contributed by atoms with Crippen LogP contribution in [0, 0.1) is 5.92 Å². The highest BCUT2D eigenvalue weighted by molar-refractivity contribution is 9.10. The fourth-order valence-corrected chi connectivity index (χ4v) is 2.63. The molecule has 0 aliphatic heterocycles. The Morgan fingerprint density at radius 2 is 2.00 bits per heavy atom. The van der Waals surface area contributed by atoms with Crippen LogP contribution < -0.4 is 10.1 Å². The van der Waals surface area contributed by atoms with Crippen molar-refractivity contribution in [1.82, 2.24) is 0 Å². The van der Waals surface area contributed by atoms with Crippen LogP contribution in [0.25, 0.3) is 0 Å². The van der Waals surface area contributed by atoms with Gasteiger partial charge >= 0.3 is 0 Å². The maximum atomic E-state index is 12.4. The zero-order valence-corrected chi connectivity index (χ0v) is 17.4. The number of alkyl halides is 2. The zero-order valence-electron chi connectivity index (χ0n) is 15.1. The lowest BCUT2D eigenvalue weighted by molar-refractivity contribution is -0.114. The van der Waals surface area contributed by atoms with Gasteiger partial charge in [0.25, 0.3) is 0 Å². The van der Waals surface area contributed by atoms with Gasteiger partial charge in [-0.05, 0) is 47.0 Å². The number of methoxy groups -OCH3 is 1. The average Bonchev–Trinajstić information content (AvgIpc) is 3.19. The van der Waals surface area contributed by atoms with E-state index in [1.54, 1.807) is 25.3 Å². The van der Waals surface area contributed by atoms with Gasteiger partial charge in [0.15, 0.2) is 4.58 Å². The number of carbonyl (C=O) groups excluding carboxylic acids is 1. The highest BCUT2D eigenvalue weighted by Gasteiger charge is 2.51. The molecule has 2 rings (SSSR count). The van der Waals surface area contributed by atoms with Gasteiger partial charge in [-0.3, -0.25) is 4.79 Å². The maximum absolute atomic E-state index is 12.4. The third-order valence-electron chi connectivity index (χ3n) is 2.92. The van der Waals surface area contributed by atoms with Gasteiger partial charge in [-0.25, -0.2) is 4.39 Å². The molecule has 1 fully saturated rings. The standard InChI is InChI=1S/C9H10ClNO2.C5H8BrF.C2H6.C2H4/c1-6(12)11-7-3-4-9(13-2)8(10)5-7;1-2-4-3-5(4,6)7;2*1-2/h3-5H,1-2H3,(H,11,12);4H,2-3H2,1H3;1-2H3;1-2H2. The van der Waals surface area contributed by atoms with E-state index in [9.17, 15) is 9.18 Å². The van der Waals surface area contributed by atoms with Gasteiger partial charge in [0.05, 0.1) is 12.1 Å². The lowest BCUT2D eigenvalue weighted by Gasteiger charge is -2.05. The maximum Gasteiger partial charge on any atom is 0.221 e. The van der Waals surface area contributed by atoms with E-state index in [4.69, 9.17) is 16.3 Å². The van der Waals surface area contributed by atoms with Gasteiger partial charge in [-0.15, -0.1) is 13.2 Å². The molecule has 1 N–H and O–H groups in total. The summed E-state index contributed by atoms with van der Waals surface area (Å²) in [6, 6.07) is 5.07. The second-order valence-electron chi connectivity index (χ2n) is 4.60. The molecule has 1 amide bonds. The summed E-state index contributed by atoms with van der Waals surface area (Å²) in [5.74, 6) is 0.768. The number of halogens is 3. The number of ether oxygens (including phenoxy) is 1. The molecule has 6 heteroatoms. The lowest BCUT2D eigenvalue weighted by atomic mass is 10.3. The smallest absolute Gasteiger partial charge is 0.221 e. The van der Waals surface area contributed by atoms with Crippen LogP contribution in [0.15, 0.2) is 31.4 Å². The summed E-state index contributed by atoms with van der Waals surface area (Å²) in [5.41, 5.74) is 0.665. The van der Waals surface area contributed by atoms with E-state index in [0.29, 0.717) is 28.8 Å². The predicted octanol–water partition coefficient (Wildman–Crippen LogP) is 6.61. The van der Waals surface area contributed by atoms with Crippen molar-refractivity contribution in [3.8, 4) is 5.75 Å². The topological polar surface area (TPSA) is 38.3 Å². The Morgan fingerprint density at radius 1 is 1.50 bits per heavy atom. The van der Waals surface area contributed by atoms with Gasteiger partial charge in [0.1, 0.15) is 5.75 Å². The van der Waals surface area contributed by atoms with Crippen molar-refractivity contribution >= 4 is 39.1 Å². The van der Waals surface area contributed by atoms with Crippen LogP contribution in [0.1, 0.15) is 40.5 Å². The molecule has 24 heavy (non-hydrogen) atoms. The molecule has 0 saturated heterocycles. The molecule has 0 radical (unpaired) electrons. The highest BCUT2D eigenvalue weighted by atomic mass is 79.9. The molecule has 2 atom stereocenters. The predicted molar refractivity (Wildman–Crippen MR) is 106 cm³/mol. The minimum atomic E-state index is -0.970. The summed E-state index contributed by atoms with van der Waals surface area (Å²) < 4.78 is 16.4. The Kier molecular flexibility index (Phi) is 13.9. The van der Waals surface area contributed by atoms with E-state index in [1.807, 2.05) is 20.8 Å². The van der Waals surface area contributed by atoms with E-state index in [0.717, 1.165) is 6.42 Å². The van der Waals surface area contributed by atoms with E-state index >= 15 is 0 Å². The van der Waals surface area contributed by atoms with E-state index in [1.165, 1.54) is 6.92 Å². The summed E-state index contributed by atoms with van der Waals surface area (Å²) >= 11 is 8.78. The van der Waals surface area contributed by atoms with Crippen molar-refractivity contribution in [2.75, 3.05) is 12.4 Å². The Morgan fingerprint density at radius 3 is 2.25 bits per heavy atom. The number of amides is 1. The van der Waals surface area contributed by atoms with Crippen LogP contribution in [0.3, 0.4) is 0 Å². The summed E-state index contributed by atoms with van der Waals surface area (Å²) in [5, 5.41) is 3.10. The van der Waals surface area contributed by atoms with Crippen molar-refractivity contribution in [3.63, 3.8) is 0 Å². The Balaban J connectivity index is 0. The van der Waals surface area contributed by atoms with Crippen LogP contribution in [0.5, 0.6) is 5.75 Å². The molecular formula is C18H28BrClFNO2. The lowest BCUT2D eigenvalue weighted by Crippen LogP contribution is -2.05. The van der Waals surface area contributed by atoms with E-state index < -0.39 is 4.58 Å². The molecule has 138 valence electrons. The monoisotopic (exact) mass is 423 g/mol. The quantitative estimate of drug-likeness (QED) is 0.438. The van der Waals surface area contributed by atoms with Crippen molar-refractivity contribution in [2.45, 2.75) is 45.1 Å². The fraction of sp³-hybridized carbons (Fsp3) is 0.500. The third-order valence-corrected chi connectivity index (χ3v) is 4.19. The molecule has 1 aromatic carbocycles. The summed E-state index contributed by atoms with van der Waals surface area (Å²) in [7, 11) is 1.54. The van der Waals surface area contributed by atoms with Crippen molar-refractivity contribution in [2.24, 2.45) is 5.92 Å². The molecular weight excluding hydrogens is 397 g/mol. The van der Waals surface area contributed by atoms with Gasteiger partial charge in [-0.2, -0.15) is 0 Å². The number of benzene rings is 1. The summed E-state index contributed by atoms with van der Waals surface area (Å²) in [4.78, 5) is 10.7. The van der Waals surface area contributed by atoms with E-state index in [-0.39, 0.29) is 5.91 Å². The van der Waals surface area contributed by atoms with Crippen LogP contribution in [-0.4, -0.2) is 17.6 Å². The van der Waals surface area contributed by atoms with Crippen molar-refractivity contribution in [3.05, 3.63) is 36.4 Å². The number of anilines is 1. The Hall–Kier alpha value is -1.07. The summed E-state index contributed by atoms with van der Waals surface area (Å²) in [6.45, 7) is 13.4. The SMILES string of the molecule is C=C.CC.CCC1CC1(F)Br.COc1ccc(NC(C)=O)cc1Cl. The van der Waals surface area contributed by atoms with Crippen molar-refractivity contribution in [1.29, 1.82) is 0 Å². The van der Waals surface area contributed by atoms with Crippen LogP contribution in [-0.2, 0) is 4.79 Å². The zero-order chi connectivity index (χ0) is 19.3. The number of rotatable bonds is 3. The van der Waals surface area contributed by atoms with Gasteiger partial charge in [-0.1, -0.05) is 32.4 Å². The highest BCUT2D eigenvalue weighted by Crippen LogP contribution is 2.54. The number of carbonyl (C=O) groups is 1. The molecule has 3 nitrogen and oxygen atoms in total. The van der Waals surface area contributed by atoms with Crippen LogP contribution >= 0.6 is 27.5 Å². The minimum Gasteiger partial charge on any atom is -0.495 e. The molecule has 1 aliphatic carbocycles. The van der Waals surface area contributed by atoms with Crippen LogP contribution in [0.4, 0.5) is 10.1 Å². The molecule has 1 aromatic rings. The Bertz CT molecular complexity index is 498. The molecule has 2 unspecified atom stereocenters. The number of hydrogen-bond acceptors (Lipinski definition) is 2. The first-order chi connectivity index (χ1) is 11.3.